The molecular weight excluding hydrogens is 274 g/mol. The third-order valence-electron chi connectivity index (χ3n) is 5.28. The first kappa shape index (κ1) is 13.6. The van der Waals surface area contributed by atoms with Crippen molar-refractivity contribution in [1.29, 1.82) is 0 Å². The van der Waals surface area contributed by atoms with Gasteiger partial charge in [-0.2, -0.15) is 0 Å². The van der Waals surface area contributed by atoms with Crippen LogP contribution in [-0.2, 0) is 9.59 Å². The standard InChI is InChI=1S/C16H18ClNO2/c1-15(7-8-15)16(2)9-12(19)18-14(20)13(16)10-5-3-4-6-11(10)17/h3-6,13H,7-9H2,1-2H3,(H,18,19,20). The number of piperidine rings is 1. The van der Waals surface area contributed by atoms with Crippen molar-refractivity contribution in [2.45, 2.75) is 39.0 Å². The first-order valence-electron chi connectivity index (χ1n) is 6.95. The van der Waals surface area contributed by atoms with Crippen LogP contribution in [0.4, 0.5) is 0 Å². The summed E-state index contributed by atoms with van der Waals surface area (Å²) in [4.78, 5) is 24.3. The number of benzene rings is 1. The molecule has 2 aliphatic rings. The molecule has 1 N–H and O–H groups in total. The zero-order valence-electron chi connectivity index (χ0n) is 11.7. The van der Waals surface area contributed by atoms with E-state index in [-0.39, 0.29) is 28.6 Å². The molecule has 1 aliphatic heterocycles. The molecule has 3 rings (SSSR count). The first-order chi connectivity index (χ1) is 9.37. The molecule has 2 unspecified atom stereocenters. The average molecular weight is 292 g/mol. The normalized spacial score (nSPS) is 31.9. The van der Waals surface area contributed by atoms with Crippen LogP contribution in [0.2, 0.25) is 5.02 Å². The van der Waals surface area contributed by atoms with Gasteiger partial charge >= 0.3 is 0 Å². The Labute approximate surface area is 123 Å². The van der Waals surface area contributed by atoms with Crippen molar-refractivity contribution >= 4 is 23.4 Å². The predicted molar refractivity (Wildman–Crippen MR) is 77.4 cm³/mol. The van der Waals surface area contributed by atoms with Crippen molar-refractivity contribution in [1.82, 2.24) is 5.32 Å². The van der Waals surface area contributed by atoms with E-state index in [1.165, 1.54) is 0 Å². The van der Waals surface area contributed by atoms with Crippen molar-refractivity contribution in [2.75, 3.05) is 0 Å². The summed E-state index contributed by atoms with van der Waals surface area (Å²) in [5.41, 5.74) is 0.511. The molecule has 1 saturated carbocycles. The van der Waals surface area contributed by atoms with Crippen LogP contribution < -0.4 is 5.32 Å². The molecule has 1 aromatic carbocycles. The molecule has 4 heteroatoms. The lowest BCUT2D eigenvalue weighted by atomic mass is 9.60. The second-order valence-corrected chi connectivity index (χ2v) is 6.93. The highest BCUT2D eigenvalue weighted by atomic mass is 35.5. The zero-order valence-corrected chi connectivity index (χ0v) is 12.5. The quantitative estimate of drug-likeness (QED) is 0.850. The topological polar surface area (TPSA) is 46.2 Å². The van der Waals surface area contributed by atoms with Gasteiger partial charge in [-0.3, -0.25) is 14.9 Å². The van der Waals surface area contributed by atoms with Crippen molar-refractivity contribution < 1.29 is 9.59 Å². The maximum absolute atomic E-state index is 12.5. The fraction of sp³-hybridized carbons (Fsp3) is 0.500. The van der Waals surface area contributed by atoms with Gasteiger partial charge in [0.1, 0.15) is 0 Å². The minimum absolute atomic E-state index is 0.0459. The van der Waals surface area contributed by atoms with E-state index in [0.29, 0.717) is 11.4 Å². The van der Waals surface area contributed by atoms with Gasteiger partial charge in [0.25, 0.3) is 0 Å². The van der Waals surface area contributed by atoms with Gasteiger partial charge in [0, 0.05) is 11.4 Å². The second kappa shape index (κ2) is 4.32. The Balaban J connectivity index is 2.12. The monoisotopic (exact) mass is 291 g/mol. The summed E-state index contributed by atoms with van der Waals surface area (Å²) in [5, 5.41) is 3.07. The van der Waals surface area contributed by atoms with Crippen LogP contribution in [0, 0.1) is 10.8 Å². The number of carbonyl (C=O) groups is 2. The van der Waals surface area contributed by atoms with Crippen molar-refractivity contribution in [2.24, 2.45) is 10.8 Å². The molecule has 0 aromatic heterocycles. The van der Waals surface area contributed by atoms with Crippen molar-refractivity contribution in [3.8, 4) is 0 Å². The average Bonchev–Trinajstić information content (AvgIpc) is 3.10. The number of nitrogens with one attached hydrogen (secondary N) is 1. The second-order valence-electron chi connectivity index (χ2n) is 6.52. The Kier molecular flexibility index (Phi) is 2.94. The molecule has 20 heavy (non-hydrogen) atoms. The summed E-state index contributed by atoms with van der Waals surface area (Å²) >= 11 is 6.29. The molecule has 3 nitrogen and oxygen atoms in total. The third kappa shape index (κ3) is 1.87. The molecule has 1 heterocycles. The van der Waals surface area contributed by atoms with E-state index in [1.807, 2.05) is 18.2 Å². The highest BCUT2D eigenvalue weighted by Gasteiger charge is 2.61. The SMILES string of the molecule is CC1(C2(C)CC(=O)NC(=O)C2c2ccccc2Cl)CC1. The van der Waals surface area contributed by atoms with Crippen LogP contribution in [0.15, 0.2) is 24.3 Å². The van der Waals surface area contributed by atoms with E-state index in [0.717, 1.165) is 18.4 Å². The van der Waals surface area contributed by atoms with Gasteiger partial charge in [-0.05, 0) is 35.3 Å². The fourth-order valence-electron chi connectivity index (χ4n) is 3.49. The minimum Gasteiger partial charge on any atom is -0.296 e. The number of imide groups is 1. The Morgan fingerprint density at radius 1 is 1.20 bits per heavy atom. The number of rotatable bonds is 2. The number of hydrogen-bond acceptors (Lipinski definition) is 2. The smallest absolute Gasteiger partial charge is 0.234 e. The molecule has 2 atom stereocenters. The van der Waals surface area contributed by atoms with Gasteiger partial charge in [-0.15, -0.1) is 0 Å². The molecule has 0 spiro atoms. The molecule has 106 valence electrons. The number of hydrogen-bond donors (Lipinski definition) is 1. The van der Waals surface area contributed by atoms with Crippen molar-refractivity contribution in [3.05, 3.63) is 34.9 Å². The number of halogens is 1. The summed E-state index contributed by atoms with van der Waals surface area (Å²) in [6.07, 6.45) is 2.50. The largest absolute Gasteiger partial charge is 0.296 e. The predicted octanol–water partition coefficient (Wildman–Crippen LogP) is 3.28. The lowest BCUT2D eigenvalue weighted by Crippen LogP contribution is -2.52. The van der Waals surface area contributed by atoms with Crippen LogP contribution in [0.25, 0.3) is 0 Å². The Morgan fingerprint density at radius 3 is 2.45 bits per heavy atom. The van der Waals surface area contributed by atoms with Crippen LogP contribution in [-0.4, -0.2) is 11.8 Å². The van der Waals surface area contributed by atoms with E-state index in [4.69, 9.17) is 11.6 Å². The Hall–Kier alpha value is -1.35. The van der Waals surface area contributed by atoms with E-state index in [2.05, 4.69) is 19.2 Å². The maximum atomic E-state index is 12.5. The third-order valence-corrected chi connectivity index (χ3v) is 5.63. The summed E-state index contributed by atoms with van der Waals surface area (Å²) in [6, 6.07) is 7.44. The number of carbonyl (C=O) groups excluding carboxylic acids is 2. The molecule has 2 fully saturated rings. The Morgan fingerprint density at radius 2 is 1.85 bits per heavy atom. The van der Waals surface area contributed by atoms with Gasteiger partial charge in [0.05, 0.1) is 5.92 Å². The highest BCUT2D eigenvalue weighted by Crippen LogP contribution is 2.66. The van der Waals surface area contributed by atoms with E-state index in [1.54, 1.807) is 6.07 Å². The van der Waals surface area contributed by atoms with E-state index >= 15 is 0 Å². The van der Waals surface area contributed by atoms with Crippen LogP contribution in [0.1, 0.15) is 44.6 Å². The maximum Gasteiger partial charge on any atom is 0.234 e. The molecule has 0 bridgehead atoms. The first-order valence-corrected chi connectivity index (χ1v) is 7.33. The van der Waals surface area contributed by atoms with Crippen LogP contribution in [0.5, 0.6) is 0 Å². The highest BCUT2D eigenvalue weighted by molar-refractivity contribution is 6.31. The summed E-state index contributed by atoms with van der Waals surface area (Å²) in [7, 11) is 0. The van der Waals surface area contributed by atoms with Crippen LogP contribution >= 0.6 is 11.6 Å². The molecule has 1 aliphatic carbocycles. The summed E-state index contributed by atoms with van der Waals surface area (Å²) < 4.78 is 0. The Bertz CT molecular complexity index is 594. The van der Waals surface area contributed by atoms with Crippen LogP contribution in [0.3, 0.4) is 0 Å². The lowest BCUT2D eigenvalue weighted by Gasteiger charge is -2.45. The zero-order chi connectivity index (χ0) is 14.5. The molecule has 2 amide bonds. The van der Waals surface area contributed by atoms with E-state index < -0.39 is 0 Å². The fourth-order valence-corrected chi connectivity index (χ4v) is 3.74. The van der Waals surface area contributed by atoms with Crippen molar-refractivity contribution in [3.63, 3.8) is 0 Å². The summed E-state index contributed by atoms with van der Waals surface area (Å²) in [5.74, 6) is -0.750. The van der Waals surface area contributed by atoms with Gasteiger partial charge < -0.3 is 0 Å². The van der Waals surface area contributed by atoms with Gasteiger partial charge in [0.15, 0.2) is 0 Å². The van der Waals surface area contributed by atoms with Gasteiger partial charge in [-0.1, -0.05) is 43.6 Å². The molecule has 1 saturated heterocycles. The number of amides is 2. The summed E-state index contributed by atoms with van der Waals surface area (Å²) in [6.45, 7) is 4.23. The molecule has 1 aromatic rings. The van der Waals surface area contributed by atoms with Gasteiger partial charge in [0.2, 0.25) is 11.8 Å². The lowest BCUT2D eigenvalue weighted by molar-refractivity contribution is -0.142. The van der Waals surface area contributed by atoms with E-state index in [9.17, 15) is 9.59 Å². The van der Waals surface area contributed by atoms with Gasteiger partial charge in [-0.25, -0.2) is 0 Å². The minimum atomic E-state index is -0.364. The molecular formula is C16H18ClNO2. The molecule has 0 radical (unpaired) electrons.